The molecule has 0 aliphatic heterocycles. The lowest BCUT2D eigenvalue weighted by molar-refractivity contribution is -0.143. The maximum absolute atomic E-state index is 13.9. The second-order valence-corrected chi connectivity index (χ2v) is 17.1. The number of nitrogens with two attached hydrogens (primary N) is 2. The molecule has 67 heavy (non-hydrogen) atoms. The number of hydrogen-bond acceptors (Lipinski definition) is 14. The minimum atomic E-state index is -1.78. The van der Waals surface area contributed by atoms with E-state index in [2.05, 4.69) is 37.2 Å². The van der Waals surface area contributed by atoms with E-state index in [0.29, 0.717) is 5.56 Å². The molecule has 0 spiro atoms. The molecule has 24 nitrogen and oxygen atoms in total. The number of carboxylic acid groups (broad SMARTS) is 2. The first-order chi connectivity index (χ1) is 31.4. The molecule has 9 unspecified atom stereocenters. The van der Waals surface area contributed by atoms with Gasteiger partial charge in [0.2, 0.25) is 53.2 Å². The number of carboxylic acids is 2. The smallest absolute Gasteiger partial charge is 0.328 e. The summed E-state index contributed by atoms with van der Waals surface area (Å²) >= 11 is 1.29. The van der Waals surface area contributed by atoms with E-state index >= 15 is 0 Å². The predicted molar refractivity (Wildman–Crippen MR) is 243 cm³/mol. The number of aliphatic carboxylic acids is 2. The van der Waals surface area contributed by atoms with Gasteiger partial charge in [-0.3, -0.25) is 47.9 Å². The van der Waals surface area contributed by atoms with E-state index in [9.17, 15) is 68.1 Å². The lowest BCUT2D eigenvalue weighted by Crippen LogP contribution is -2.60. The summed E-state index contributed by atoms with van der Waals surface area (Å²) in [5.41, 5.74) is 11.7. The van der Waals surface area contributed by atoms with Crippen molar-refractivity contribution in [2.45, 2.75) is 121 Å². The van der Waals surface area contributed by atoms with Crippen molar-refractivity contribution in [3.05, 3.63) is 35.9 Å². The Labute approximate surface area is 392 Å². The molecule has 0 aliphatic carbocycles. The van der Waals surface area contributed by atoms with Crippen molar-refractivity contribution in [2.24, 2.45) is 23.3 Å². The van der Waals surface area contributed by atoms with Crippen LogP contribution in [-0.4, -0.2) is 154 Å². The van der Waals surface area contributed by atoms with Crippen molar-refractivity contribution in [2.75, 3.05) is 25.2 Å². The highest BCUT2D eigenvalue weighted by atomic mass is 32.2. The summed E-state index contributed by atoms with van der Waals surface area (Å²) in [4.78, 5) is 141. The fraction of sp³-hybridized carbons (Fsp3) is 0.595. The van der Waals surface area contributed by atoms with E-state index in [1.807, 2.05) is 5.32 Å². The van der Waals surface area contributed by atoms with Gasteiger partial charge in [0.25, 0.3) is 0 Å². The van der Waals surface area contributed by atoms with Crippen LogP contribution < -0.4 is 54.0 Å². The number of amides is 9. The Morgan fingerprint density at radius 3 is 1.69 bits per heavy atom. The maximum atomic E-state index is 13.9. The topological polar surface area (TPSA) is 397 Å². The van der Waals surface area contributed by atoms with Gasteiger partial charge in [0, 0.05) is 12.8 Å². The first-order valence-corrected chi connectivity index (χ1v) is 22.9. The largest absolute Gasteiger partial charge is 0.481 e. The number of hydrogen-bond donors (Lipinski definition) is 13. The zero-order valence-corrected chi connectivity index (χ0v) is 39.2. The van der Waals surface area contributed by atoms with E-state index in [0.717, 1.165) is 0 Å². The molecule has 9 amide bonds. The second-order valence-electron chi connectivity index (χ2n) is 16.1. The molecule has 0 radical (unpaired) electrons. The van der Waals surface area contributed by atoms with Gasteiger partial charge >= 0.3 is 11.9 Å². The molecule has 0 aromatic heterocycles. The Kier molecular flexibility index (Phi) is 26.3. The van der Waals surface area contributed by atoms with Crippen LogP contribution >= 0.6 is 11.8 Å². The normalized spacial score (nSPS) is 15.0. The molecule has 0 aliphatic rings. The number of carbonyl (C=O) groups is 11. The van der Waals surface area contributed by atoms with E-state index in [1.165, 1.54) is 18.7 Å². The molecule has 0 saturated heterocycles. The Balaban J connectivity index is 3.25. The van der Waals surface area contributed by atoms with Crippen molar-refractivity contribution >= 4 is 76.9 Å². The van der Waals surface area contributed by atoms with Crippen molar-refractivity contribution < 1.29 is 68.1 Å². The van der Waals surface area contributed by atoms with Crippen LogP contribution in [0.25, 0.3) is 0 Å². The number of benzene rings is 1. The summed E-state index contributed by atoms with van der Waals surface area (Å²) in [7, 11) is 0. The van der Waals surface area contributed by atoms with Crippen LogP contribution in [0.4, 0.5) is 0 Å². The van der Waals surface area contributed by atoms with Gasteiger partial charge in [0.15, 0.2) is 0 Å². The van der Waals surface area contributed by atoms with Crippen molar-refractivity contribution in [1.29, 1.82) is 0 Å². The summed E-state index contributed by atoms with van der Waals surface area (Å²) in [6, 6.07) is -2.36. The Morgan fingerprint density at radius 2 is 1.16 bits per heavy atom. The van der Waals surface area contributed by atoms with Gasteiger partial charge in [-0.1, -0.05) is 64.4 Å². The van der Waals surface area contributed by atoms with Gasteiger partial charge < -0.3 is 69.3 Å². The van der Waals surface area contributed by atoms with Crippen molar-refractivity contribution in [3.8, 4) is 0 Å². The number of aliphatic hydroxyl groups excluding tert-OH is 1. The Hall–Kier alpha value is -6.34. The fourth-order valence-electron chi connectivity index (χ4n) is 6.07. The van der Waals surface area contributed by atoms with E-state index in [4.69, 9.17) is 11.5 Å². The highest BCUT2D eigenvalue weighted by Crippen LogP contribution is 2.12. The van der Waals surface area contributed by atoms with Crippen LogP contribution in [0.1, 0.15) is 72.3 Å². The molecule has 0 heterocycles. The van der Waals surface area contributed by atoms with E-state index < -0.39 is 158 Å². The molecule has 9 atom stereocenters. The average molecular weight is 967 g/mol. The third kappa shape index (κ3) is 21.7. The van der Waals surface area contributed by atoms with Gasteiger partial charge in [-0.2, -0.15) is 11.8 Å². The minimum absolute atomic E-state index is 0.0397. The van der Waals surface area contributed by atoms with Crippen LogP contribution in [0.2, 0.25) is 0 Å². The standard InChI is InChI=1S/C42H66N10O14S/c1-7-22(4)34(41(64)47-26(15-16-67-6)36(59)49-28(18-30(44)54)38(61)50-29(20-53)42(65)66)52-37(60)25(13-14-32(56)57)46-31(55)19-45-40(63)33(21(2)3)51-39(62)27(48-35(58)23(5)43)17-24-11-9-8-10-12-24/h8-12,21-23,25-29,33-34,53H,7,13-20,43H2,1-6H3,(H2,44,54)(H,45,63)(H,46,55)(H,47,64)(H,48,58)(H,49,59)(H,50,61)(H,51,62)(H,52,60)(H,56,57)(H,65,66). The number of aliphatic hydroxyl groups is 1. The molecular formula is C42H66N10O14S. The molecule has 1 aromatic carbocycles. The summed E-state index contributed by atoms with van der Waals surface area (Å²) in [5.74, 6) is -12.0. The lowest BCUT2D eigenvalue weighted by Gasteiger charge is -2.29. The summed E-state index contributed by atoms with van der Waals surface area (Å²) in [6.07, 6.45) is 0.164. The SMILES string of the molecule is CCC(C)C(NC(=O)C(CCC(=O)O)NC(=O)CNC(=O)C(NC(=O)C(Cc1ccccc1)NC(=O)C(C)N)C(C)C)C(=O)NC(CCSC)C(=O)NC(CC(N)=O)C(=O)NC(CO)C(=O)O. The Bertz CT molecular complexity index is 1890. The number of primary amides is 1. The van der Waals surface area contributed by atoms with Gasteiger partial charge in [0.05, 0.1) is 25.6 Å². The van der Waals surface area contributed by atoms with Gasteiger partial charge in [-0.05, 0) is 49.2 Å². The number of thioether (sulfide) groups is 1. The third-order valence-corrected chi connectivity index (χ3v) is 10.8. The van der Waals surface area contributed by atoms with Crippen LogP contribution in [0.3, 0.4) is 0 Å². The number of nitrogens with one attached hydrogen (secondary N) is 8. The summed E-state index contributed by atoms with van der Waals surface area (Å²) in [5, 5.41) is 47.2. The van der Waals surface area contributed by atoms with E-state index in [-0.39, 0.29) is 25.0 Å². The van der Waals surface area contributed by atoms with Crippen LogP contribution in [0, 0.1) is 11.8 Å². The molecular weight excluding hydrogens is 901 g/mol. The zero-order valence-electron chi connectivity index (χ0n) is 38.4. The minimum Gasteiger partial charge on any atom is -0.481 e. The first-order valence-electron chi connectivity index (χ1n) is 21.5. The highest BCUT2D eigenvalue weighted by molar-refractivity contribution is 7.98. The van der Waals surface area contributed by atoms with Crippen LogP contribution in [0.15, 0.2) is 30.3 Å². The highest BCUT2D eigenvalue weighted by Gasteiger charge is 2.35. The molecule has 0 saturated carbocycles. The van der Waals surface area contributed by atoms with Crippen LogP contribution in [-0.2, 0) is 59.2 Å². The van der Waals surface area contributed by atoms with Gasteiger partial charge in [0.1, 0.15) is 42.3 Å². The predicted octanol–water partition coefficient (Wildman–Crippen LogP) is -3.64. The first kappa shape index (κ1) is 58.7. The fourth-order valence-corrected chi connectivity index (χ4v) is 6.54. The third-order valence-electron chi connectivity index (χ3n) is 10.2. The number of rotatable bonds is 31. The number of carbonyl (C=O) groups excluding carboxylic acids is 9. The zero-order chi connectivity index (χ0) is 51.0. The molecule has 1 rings (SSSR count). The van der Waals surface area contributed by atoms with E-state index in [1.54, 1.807) is 64.3 Å². The van der Waals surface area contributed by atoms with Crippen molar-refractivity contribution in [1.82, 2.24) is 42.5 Å². The van der Waals surface area contributed by atoms with Gasteiger partial charge in [-0.15, -0.1) is 0 Å². The quantitative estimate of drug-likeness (QED) is 0.0341. The molecule has 1 aromatic rings. The molecule has 0 bridgehead atoms. The van der Waals surface area contributed by atoms with Gasteiger partial charge in [-0.25, -0.2) is 4.79 Å². The van der Waals surface area contributed by atoms with Crippen LogP contribution in [0.5, 0.6) is 0 Å². The average Bonchev–Trinajstić information content (AvgIpc) is 3.26. The maximum Gasteiger partial charge on any atom is 0.328 e. The molecule has 15 N–H and O–H groups in total. The lowest BCUT2D eigenvalue weighted by atomic mass is 9.97. The molecule has 374 valence electrons. The second kappa shape index (κ2) is 30.0. The molecule has 0 fully saturated rings. The summed E-state index contributed by atoms with van der Waals surface area (Å²) in [6.45, 7) is 6.23. The molecule has 25 heteroatoms. The summed E-state index contributed by atoms with van der Waals surface area (Å²) < 4.78 is 0. The van der Waals surface area contributed by atoms with Crippen molar-refractivity contribution in [3.63, 3.8) is 0 Å². The Morgan fingerprint density at radius 1 is 0.642 bits per heavy atom. The monoisotopic (exact) mass is 966 g/mol.